The van der Waals surface area contributed by atoms with E-state index in [1.165, 1.54) is 12.1 Å². The number of carboxylic acid groups (broad SMARTS) is 1. The van der Waals surface area contributed by atoms with Gasteiger partial charge in [-0.2, -0.15) is 0 Å². The number of benzene rings is 1. The van der Waals surface area contributed by atoms with Gasteiger partial charge in [-0.1, -0.05) is 12.1 Å². The zero-order valence-corrected chi connectivity index (χ0v) is 11.3. The predicted molar refractivity (Wildman–Crippen MR) is 76.7 cm³/mol. The highest BCUT2D eigenvalue weighted by Crippen LogP contribution is 2.09. The second kappa shape index (κ2) is 6.60. The Morgan fingerprint density at radius 3 is 2.48 bits per heavy atom. The smallest absolute Gasteiger partial charge is 0.371 e. The van der Waals surface area contributed by atoms with E-state index >= 15 is 0 Å². The summed E-state index contributed by atoms with van der Waals surface area (Å²) in [6.07, 6.45) is 0.959. The molecule has 1 heterocycles. The molecular weight excluding hydrogens is 272 g/mol. The van der Waals surface area contributed by atoms with Crippen molar-refractivity contribution in [3.05, 3.63) is 53.5 Å². The molecule has 0 saturated heterocycles. The summed E-state index contributed by atoms with van der Waals surface area (Å²) in [5.41, 5.74) is 7.31. The number of nitrogens with one attached hydrogen (secondary N) is 1. The standard InChI is InChI=1S/C15H16N2O4/c16-11-4-1-10(2-5-11)3-8-14(18)17-9-12-6-7-13(21-12)15(19)20/h1-2,4-7H,3,8-9,16H2,(H,17,18)(H,19,20). The number of aromatic carboxylic acids is 1. The first-order chi connectivity index (χ1) is 10.0. The molecular formula is C15H16N2O4. The average Bonchev–Trinajstić information content (AvgIpc) is 2.93. The third-order valence-corrected chi connectivity index (χ3v) is 2.95. The number of carbonyl (C=O) groups excluding carboxylic acids is 1. The van der Waals surface area contributed by atoms with Gasteiger partial charge in [0.05, 0.1) is 6.54 Å². The summed E-state index contributed by atoms with van der Waals surface area (Å²) in [5.74, 6) is -0.981. The van der Waals surface area contributed by atoms with Gasteiger partial charge in [-0.3, -0.25) is 4.79 Å². The molecule has 2 rings (SSSR count). The number of carbonyl (C=O) groups is 2. The summed E-state index contributed by atoms with van der Waals surface area (Å²) in [4.78, 5) is 22.3. The van der Waals surface area contributed by atoms with Gasteiger partial charge in [0.2, 0.25) is 11.7 Å². The van der Waals surface area contributed by atoms with Crippen molar-refractivity contribution in [3.8, 4) is 0 Å². The van der Waals surface area contributed by atoms with Gasteiger partial charge < -0.3 is 20.6 Å². The number of hydrogen-bond acceptors (Lipinski definition) is 4. The molecule has 0 aliphatic rings. The molecule has 110 valence electrons. The highest BCUT2D eigenvalue weighted by atomic mass is 16.4. The van der Waals surface area contributed by atoms with E-state index < -0.39 is 5.97 Å². The SMILES string of the molecule is Nc1ccc(CCC(=O)NCc2ccc(C(=O)O)o2)cc1. The van der Waals surface area contributed by atoms with E-state index in [-0.39, 0.29) is 18.2 Å². The van der Waals surface area contributed by atoms with Crippen LogP contribution in [-0.2, 0) is 17.8 Å². The molecule has 0 bridgehead atoms. The van der Waals surface area contributed by atoms with E-state index in [9.17, 15) is 9.59 Å². The number of carboxylic acids is 1. The second-order valence-electron chi connectivity index (χ2n) is 4.59. The van der Waals surface area contributed by atoms with Crippen molar-refractivity contribution in [3.63, 3.8) is 0 Å². The van der Waals surface area contributed by atoms with Crippen LogP contribution in [0.15, 0.2) is 40.8 Å². The Hall–Kier alpha value is -2.76. The molecule has 1 amide bonds. The van der Waals surface area contributed by atoms with Gasteiger partial charge in [0, 0.05) is 12.1 Å². The molecule has 6 nitrogen and oxygen atoms in total. The maximum absolute atomic E-state index is 11.7. The normalized spacial score (nSPS) is 10.3. The minimum absolute atomic E-state index is 0.125. The number of aryl methyl sites for hydroxylation is 1. The molecule has 0 radical (unpaired) electrons. The van der Waals surface area contributed by atoms with Crippen LogP contribution in [0.3, 0.4) is 0 Å². The number of amides is 1. The van der Waals surface area contributed by atoms with E-state index in [1.54, 1.807) is 12.1 Å². The fraction of sp³-hybridized carbons (Fsp3) is 0.200. The molecule has 0 spiro atoms. The predicted octanol–water partition coefficient (Wildman–Crippen LogP) is 1.81. The minimum Gasteiger partial charge on any atom is -0.475 e. The van der Waals surface area contributed by atoms with Gasteiger partial charge in [0.15, 0.2) is 0 Å². The van der Waals surface area contributed by atoms with Crippen molar-refractivity contribution in [2.75, 3.05) is 5.73 Å². The molecule has 0 saturated carbocycles. The fourth-order valence-electron chi connectivity index (χ4n) is 1.80. The molecule has 6 heteroatoms. The van der Waals surface area contributed by atoms with Gasteiger partial charge in [-0.15, -0.1) is 0 Å². The molecule has 4 N–H and O–H groups in total. The van der Waals surface area contributed by atoms with Crippen LogP contribution in [0, 0.1) is 0 Å². The third kappa shape index (κ3) is 4.38. The summed E-state index contributed by atoms with van der Waals surface area (Å²) in [5, 5.41) is 11.4. The van der Waals surface area contributed by atoms with Crippen LogP contribution in [0.5, 0.6) is 0 Å². The van der Waals surface area contributed by atoms with Gasteiger partial charge >= 0.3 is 5.97 Å². The maximum atomic E-state index is 11.7. The Bertz CT molecular complexity index is 631. The quantitative estimate of drug-likeness (QED) is 0.703. The summed E-state index contributed by atoms with van der Waals surface area (Å²) >= 11 is 0. The number of rotatable bonds is 6. The van der Waals surface area contributed by atoms with Gasteiger partial charge in [0.25, 0.3) is 0 Å². The van der Waals surface area contributed by atoms with E-state index in [0.717, 1.165) is 5.56 Å². The van der Waals surface area contributed by atoms with Gasteiger partial charge in [-0.25, -0.2) is 4.79 Å². The maximum Gasteiger partial charge on any atom is 0.371 e. The van der Waals surface area contributed by atoms with Gasteiger partial charge in [-0.05, 0) is 36.2 Å². The Balaban J connectivity index is 1.76. The first-order valence-corrected chi connectivity index (χ1v) is 6.48. The Morgan fingerprint density at radius 1 is 1.14 bits per heavy atom. The molecule has 2 aromatic rings. The number of hydrogen-bond donors (Lipinski definition) is 3. The van der Waals surface area contributed by atoms with Crippen LogP contribution in [0.1, 0.15) is 28.3 Å². The van der Waals surface area contributed by atoms with Crippen molar-refractivity contribution in [1.82, 2.24) is 5.32 Å². The minimum atomic E-state index is -1.13. The summed E-state index contributed by atoms with van der Waals surface area (Å²) in [6.45, 7) is 0.174. The Morgan fingerprint density at radius 2 is 1.86 bits per heavy atom. The topological polar surface area (TPSA) is 106 Å². The lowest BCUT2D eigenvalue weighted by Gasteiger charge is -2.04. The Kier molecular flexibility index (Phi) is 4.61. The summed E-state index contributed by atoms with van der Waals surface area (Å²) in [6, 6.07) is 10.2. The molecule has 0 aliphatic carbocycles. The van der Waals surface area contributed by atoms with E-state index in [0.29, 0.717) is 24.3 Å². The lowest BCUT2D eigenvalue weighted by Crippen LogP contribution is -2.22. The monoisotopic (exact) mass is 288 g/mol. The molecule has 21 heavy (non-hydrogen) atoms. The van der Waals surface area contributed by atoms with Crippen molar-refractivity contribution in [2.45, 2.75) is 19.4 Å². The summed E-state index contributed by atoms with van der Waals surface area (Å²) < 4.78 is 5.04. The van der Waals surface area contributed by atoms with Crippen molar-refractivity contribution in [1.29, 1.82) is 0 Å². The van der Waals surface area contributed by atoms with Gasteiger partial charge in [0.1, 0.15) is 5.76 Å². The first-order valence-electron chi connectivity index (χ1n) is 6.48. The van der Waals surface area contributed by atoms with Crippen molar-refractivity contribution in [2.24, 2.45) is 0 Å². The molecule has 0 atom stereocenters. The van der Waals surface area contributed by atoms with Crippen LogP contribution in [-0.4, -0.2) is 17.0 Å². The fourth-order valence-corrected chi connectivity index (χ4v) is 1.80. The largest absolute Gasteiger partial charge is 0.475 e. The highest BCUT2D eigenvalue weighted by molar-refractivity contribution is 5.84. The zero-order chi connectivity index (χ0) is 15.2. The number of furan rings is 1. The number of nitrogens with two attached hydrogens (primary N) is 1. The first kappa shape index (κ1) is 14.6. The average molecular weight is 288 g/mol. The lowest BCUT2D eigenvalue weighted by atomic mass is 10.1. The van der Waals surface area contributed by atoms with Crippen LogP contribution in [0.4, 0.5) is 5.69 Å². The number of nitrogen functional groups attached to an aromatic ring is 1. The third-order valence-electron chi connectivity index (χ3n) is 2.95. The molecule has 0 aliphatic heterocycles. The van der Waals surface area contributed by atoms with E-state index in [2.05, 4.69) is 5.32 Å². The molecule has 0 fully saturated rings. The molecule has 0 unspecified atom stereocenters. The molecule has 1 aromatic carbocycles. The van der Waals surface area contributed by atoms with Crippen LogP contribution in [0.2, 0.25) is 0 Å². The summed E-state index contributed by atoms with van der Waals surface area (Å²) in [7, 11) is 0. The molecule has 1 aromatic heterocycles. The lowest BCUT2D eigenvalue weighted by molar-refractivity contribution is -0.121. The van der Waals surface area contributed by atoms with E-state index in [4.69, 9.17) is 15.3 Å². The van der Waals surface area contributed by atoms with E-state index in [1.807, 2.05) is 12.1 Å². The van der Waals surface area contributed by atoms with Crippen LogP contribution < -0.4 is 11.1 Å². The second-order valence-corrected chi connectivity index (χ2v) is 4.59. The van der Waals surface area contributed by atoms with Crippen molar-refractivity contribution < 1.29 is 19.1 Å². The Labute approximate surface area is 121 Å². The number of anilines is 1. The highest BCUT2D eigenvalue weighted by Gasteiger charge is 2.09. The zero-order valence-electron chi connectivity index (χ0n) is 11.3. The van der Waals surface area contributed by atoms with Crippen LogP contribution >= 0.6 is 0 Å². The van der Waals surface area contributed by atoms with Crippen molar-refractivity contribution >= 4 is 17.6 Å². The van der Waals surface area contributed by atoms with Crippen LogP contribution in [0.25, 0.3) is 0 Å².